The lowest BCUT2D eigenvalue weighted by atomic mass is 9.78. The van der Waals surface area contributed by atoms with Gasteiger partial charge in [-0.3, -0.25) is 0 Å². The molecule has 0 aliphatic carbocycles. The van der Waals surface area contributed by atoms with E-state index >= 15 is 0 Å². The molecule has 0 aliphatic rings. The minimum absolute atomic E-state index is 0.00392. The molecule has 0 aliphatic heterocycles. The minimum atomic E-state index is -1.06. The lowest BCUT2D eigenvalue weighted by Crippen LogP contribution is -2.32. The quantitative estimate of drug-likeness (QED) is 0.746. The molecule has 0 bridgehead atoms. The van der Waals surface area contributed by atoms with Gasteiger partial charge in [0.1, 0.15) is 5.82 Å². The molecule has 0 radical (unpaired) electrons. The molecule has 3 rings (SSSR count). The number of rotatable bonds is 3. The van der Waals surface area contributed by atoms with Crippen molar-refractivity contribution in [2.45, 2.75) is 0 Å². The van der Waals surface area contributed by atoms with Crippen LogP contribution in [-0.2, 0) is 4.65 Å². The van der Waals surface area contributed by atoms with E-state index < -0.39 is 12.9 Å². The molecule has 2 heterocycles. The summed E-state index contributed by atoms with van der Waals surface area (Å²) < 4.78 is 19.7. The van der Waals surface area contributed by atoms with Crippen molar-refractivity contribution in [1.29, 1.82) is 0 Å². The Balaban J connectivity index is 2.18. The van der Waals surface area contributed by atoms with Gasteiger partial charge in [0.2, 0.25) is 0 Å². The standard InChI is InChI=1S/C13H10BClFN3O2/c1-21-14(20)10-4-5-17-13-9(10)7-18-19(13)8-2-3-12(16)11(15)6-8/h2-7,20H,1H3. The van der Waals surface area contributed by atoms with Crippen molar-refractivity contribution in [2.75, 3.05) is 7.11 Å². The number of pyridine rings is 1. The first kappa shape index (κ1) is 14.0. The van der Waals surface area contributed by atoms with Gasteiger partial charge in [-0.05, 0) is 29.7 Å². The molecule has 0 saturated carbocycles. The van der Waals surface area contributed by atoms with Gasteiger partial charge in [0.05, 0.1) is 16.9 Å². The molecule has 8 heteroatoms. The summed E-state index contributed by atoms with van der Waals surface area (Å²) in [6.07, 6.45) is 3.11. The highest BCUT2D eigenvalue weighted by Crippen LogP contribution is 2.21. The summed E-state index contributed by atoms with van der Waals surface area (Å²) in [4.78, 5) is 4.24. The Morgan fingerprint density at radius 2 is 2.19 bits per heavy atom. The van der Waals surface area contributed by atoms with Gasteiger partial charge in [-0.25, -0.2) is 14.1 Å². The fourth-order valence-corrected chi connectivity index (χ4v) is 2.27. The van der Waals surface area contributed by atoms with Crippen LogP contribution in [0.3, 0.4) is 0 Å². The van der Waals surface area contributed by atoms with Gasteiger partial charge in [-0.15, -0.1) is 0 Å². The lowest BCUT2D eigenvalue weighted by Gasteiger charge is -2.06. The zero-order valence-electron chi connectivity index (χ0n) is 11.0. The van der Waals surface area contributed by atoms with Crippen LogP contribution in [0.25, 0.3) is 16.7 Å². The topological polar surface area (TPSA) is 60.2 Å². The Labute approximate surface area is 125 Å². The fourth-order valence-electron chi connectivity index (χ4n) is 2.10. The second kappa shape index (κ2) is 5.44. The summed E-state index contributed by atoms with van der Waals surface area (Å²) >= 11 is 5.79. The Hall–Kier alpha value is -1.96. The second-order valence-electron chi connectivity index (χ2n) is 4.38. The van der Waals surface area contributed by atoms with Crippen LogP contribution in [0.15, 0.2) is 36.7 Å². The molecule has 0 saturated heterocycles. The first-order valence-electron chi connectivity index (χ1n) is 6.10. The van der Waals surface area contributed by atoms with Gasteiger partial charge in [-0.2, -0.15) is 5.10 Å². The number of aromatic nitrogens is 3. The molecule has 0 spiro atoms. The van der Waals surface area contributed by atoms with Crippen LogP contribution in [0.4, 0.5) is 4.39 Å². The van der Waals surface area contributed by atoms with E-state index in [1.807, 2.05) is 0 Å². The number of fused-ring (bicyclic) bond motifs is 1. The Bertz CT molecular complexity index is 811. The highest BCUT2D eigenvalue weighted by atomic mass is 35.5. The fraction of sp³-hybridized carbons (Fsp3) is 0.0769. The van der Waals surface area contributed by atoms with Crippen molar-refractivity contribution in [3.05, 3.63) is 47.5 Å². The monoisotopic (exact) mass is 305 g/mol. The number of halogens is 2. The van der Waals surface area contributed by atoms with Crippen LogP contribution >= 0.6 is 11.6 Å². The third-order valence-electron chi connectivity index (χ3n) is 3.14. The summed E-state index contributed by atoms with van der Waals surface area (Å²) in [6, 6.07) is 5.93. The molecule has 21 heavy (non-hydrogen) atoms. The third-order valence-corrected chi connectivity index (χ3v) is 3.43. The maximum atomic E-state index is 13.2. The average Bonchev–Trinajstić information content (AvgIpc) is 2.93. The maximum Gasteiger partial charge on any atom is 0.491 e. The lowest BCUT2D eigenvalue weighted by molar-refractivity contribution is 0.342. The normalized spacial score (nSPS) is 11.0. The van der Waals surface area contributed by atoms with Gasteiger partial charge in [0, 0.05) is 18.7 Å². The van der Waals surface area contributed by atoms with E-state index in [0.29, 0.717) is 22.2 Å². The predicted molar refractivity (Wildman–Crippen MR) is 78.4 cm³/mol. The summed E-state index contributed by atoms with van der Waals surface area (Å²) in [5, 5.41) is 14.7. The van der Waals surface area contributed by atoms with Crippen LogP contribution in [0.2, 0.25) is 5.02 Å². The number of benzene rings is 1. The largest absolute Gasteiger partial charge is 0.491 e. The first-order chi connectivity index (χ1) is 10.1. The Morgan fingerprint density at radius 1 is 1.38 bits per heavy atom. The molecule has 0 fully saturated rings. The molecule has 5 nitrogen and oxygen atoms in total. The van der Waals surface area contributed by atoms with Crippen LogP contribution in [-0.4, -0.2) is 34.0 Å². The third kappa shape index (κ3) is 2.39. The molecule has 2 aromatic heterocycles. The summed E-state index contributed by atoms with van der Waals surface area (Å²) in [6.45, 7) is 0. The molecular weight excluding hydrogens is 295 g/mol. The number of hydrogen-bond acceptors (Lipinski definition) is 4. The van der Waals surface area contributed by atoms with Gasteiger partial charge in [0.25, 0.3) is 0 Å². The van der Waals surface area contributed by atoms with E-state index in [2.05, 4.69) is 10.1 Å². The van der Waals surface area contributed by atoms with Crippen LogP contribution in [0, 0.1) is 5.82 Å². The Kier molecular flexibility index (Phi) is 3.63. The highest BCUT2D eigenvalue weighted by molar-refractivity contribution is 6.63. The van der Waals surface area contributed by atoms with Crippen molar-refractivity contribution < 1.29 is 14.1 Å². The second-order valence-corrected chi connectivity index (χ2v) is 4.79. The van der Waals surface area contributed by atoms with Crippen molar-refractivity contribution in [3.8, 4) is 5.69 Å². The van der Waals surface area contributed by atoms with E-state index in [4.69, 9.17) is 16.3 Å². The Morgan fingerprint density at radius 3 is 2.90 bits per heavy atom. The van der Waals surface area contributed by atoms with Gasteiger partial charge >= 0.3 is 7.12 Å². The van der Waals surface area contributed by atoms with Gasteiger partial charge in [0.15, 0.2) is 5.65 Å². The van der Waals surface area contributed by atoms with Gasteiger partial charge in [-0.1, -0.05) is 11.6 Å². The maximum absolute atomic E-state index is 13.2. The molecule has 3 aromatic rings. The average molecular weight is 306 g/mol. The van der Waals surface area contributed by atoms with Crippen molar-refractivity contribution in [1.82, 2.24) is 14.8 Å². The molecule has 0 unspecified atom stereocenters. The molecule has 106 valence electrons. The first-order valence-corrected chi connectivity index (χ1v) is 6.48. The number of hydrogen-bond donors (Lipinski definition) is 1. The SMILES string of the molecule is COB(O)c1ccnc2c1cnn2-c1ccc(F)c(Cl)c1. The van der Waals surface area contributed by atoms with Crippen LogP contribution in [0.5, 0.6) is 0 Å². The molecule has 0 atom stereocenters. The van der Waals surface area contributed by atoms with E-state index in [0.717, 1.165) is 0 Å². The summed E-state index contributed by atoms with van der Waals surface area (Å²) in [5.74, 6) is -0.500. The number of nitrogens with zero attached hydrogens (tertiary/aromatic N) is 3. The van der Waals surface area contributed by atoms with E-state index in [9.17, 15) is 9.41 Å². The van der Waals surface area contributed by atoms with Crippen LogP contribution in [0.1, 0.15) is 0 Å². The van der Waals surface area contributed by atoms with Crippen molar-refractivity contribution in [2.24, 2.45) is 0 Å². The molecule has 1 aromatic carbocycles. The summed E-state index contributed by atoms with van der Waals surface area (Å²) in [7, 11) is 0.339. The zero-order valence-corrected chi connectivity index (χ0v) is 11.8. The van der Waals surface area contributed by atoms with Crippen LogP contribution < -0.4 is 5.46 Å². The highest BCUT2D eigenvalue weighted by Gasteiger charge is 2.20. The molecular formula is C13H10BClFN3O2. The summed E-state index contributed by atoms with van der Waals surface area (Å²) in [5.41, 5.74) is 1.65. The molecule has 0 amide bonds. The smallest absolute Gasteiger partial charge is 0.423 e. The van der Waals surface area contributed by atoms with Crippen molar-refractivity contribution >= 4 is 35.2 Å². The van der Waals surface area contributed by atoms with E-state index in [1.54, 1.807) is 24.5 Å². The zero-order chi connectivity index (χ0) is 15.0. The van der Waals surface area contributed by atoms with Crippen molar-refractivity contribution in [3.63, 3.8) is 0 Å². The van der Waals surface area contributed by atoms with E-state index in [-0.39, 0.29) is 5.02 Å². The predicted octanol–water partition coefficient (Wildman–Crippen LogP) is 1.55. The van der Waals surface area contributed by atoms with Gasteiger partial charge < -0.3 is 9.68 Å². The van der Waals surface area contributed by atoms with E-state index in [1.165, 1.54) is 23.9 Å². The molecule has 1 N–H and O–H groups in total. The minimum Gasteiger partial charge on any atom is -0.423 e.